The molecule has 0 aliphatic carbocycles. The molecular formula is C20H20F2N2O2. The average Bonchev–Trinajstić information content (AvgIpc) is 2.93. The number of benzene rings is 2. The number of carbonyl (C=O) groups excluding carboxylic acids is 2. The highest BCUT2D eigenvalue weighted by atomic mass is 19.2. The van der Waals surface area contributed by atoms with E-state index in [1.165, 1.54) is 12.1 Å². The van der Waals surface area contributed by atoms with E-state index in [4.69, 9.17) is 0 Å². The first kappa shape index (κ1) is 18.0. The molecule has 1 fully saturated rings. The van der Waals surface area contributed by atoms with E-state index in [-0.39, 0.29) is 17.2 Å². The molecule has 1 aliphatic heterocycles. The molecule has 0 unspecified atom stereocenters. The number of likely N-dealkylation sites (tertiary alicyclic amines) is 1. The van der Waals surface area contributed by atoms with Crippen molar-refractivity contribution in [2.45, 2.75) is 25.7 Å². The summed E-state index contributed by atoms with van der Waals surface area (Å²) in [7, 11) is 0. The van der Waals surface area contributed by atoms with Gasteiger partial charge in [-0.25, -0.2) is 8.78 Å². The zero-order valence-corrected chi connectivity index (χ0v) is 14.3. The Hall–Kier alpha value is -2.76. The molecule has 2 aromatic rings. The SMILES string of the molecule is O=C(Nc1ccc(F)c(F)c1)c1cccc(C(=O)N2CCCCCC2)c1. The maximum absolute atomic E-state index is 13.3. The molecule has 1 heterocycles. The van der Waals surface area contributed by atoms with Gasteiger partial charge in [0.2, 0.25) is 0 Å². The first-order chi connectivity index (χ1) is 12.5. The second-order valence-corrected chi connectivity index (χ2v) is 6.37. The van der Waals surface area contributed by atoms with Gasteiger partial charge < -0.3 is 10.2 Å². The number of amides is 2. The molecule has 1 aliphatic rings. The average molecular weight is 358 g/mol. The standard InChI is InChI=1S/C20H20F2N2O2/c21-17-9-8-16(13-18(17)22)23-19(25)14-6-5-7-15(12-14)20(26)24-10-3-1-2-4-11-24/h5-9,12-13H,1-4,10-11H2,(H,23,25). The number of nitrogens with zero attached hydrogens (tertiary/aromatic N) is 1. The van der Waals surface area contributed by atoms with E-state index in [0.29, 0.717) is 5.56 Å². The number of hydrogen-bond donors (Lipinski definition) is 1. The first-order valence-electron chi connectivity index (χ1n) is 8.70. The molecule has 2 aromatic carbocycles. The molecule has 0 aromatic heterocycles. The van der Waals surface area contributed by atoms with Crippen LogP contribution in [-0.2, 0) is 0 Å². The van der Waals surface area contributed by atoms with Crippen molar-refractivity contribution in [3.63, 3.8) is 0 Å². The van der Waals surface area contributed by atoms with Gasteiger partial charge in [-0.15, -0.1) is 0 Å². The largest absolute Gasteiger partial charge is 0.339 e. The van der Waals surface area contributed by atoms with Crippen LogP contribution >= 0.6 is 0 Å². The molecule has 0 spiro atoms. The smallest absolute Gasteiger partial charge is 0.255 e. The van der Waals surface area contributed by atoms with Gasteiger partial charge in [-0.05, 0) is 43.2 Å². The van der Waals surface area contributed by atoms with Gasteiger partial charge in [-0.2, -0.15) is 0 Å². The van der Waals surface area contributed by atoms with Crippen LogP contribution in [0, 0.1) is 11.6 Å². The van der Waals surface area contributed by atoms with Crippen molar-refractivity contribution in [3.05, 3.63) is 65.2 Å². The van der Waals surface area contributed by atoms with Crippen LogP contribution in [0.2, 0.25) is 0 Å². The summed E-state index contributed by atoms with van der Waals surface area (Å²) < 4.78 is 26.2. The summed E-state index contributed by atoms with van der Waals surface area (Å²) in [4.78, 5) is 26.9. The van der Waals surface area contributed by atoms with E-state index in [1.807, 2.05) is 4.90 Å². The van der Waals surface area contributed by atoms with Crippen LogP contribution in [-0.4, -0.2) is 29.8 Å². The molecule has 4 nitrogen and oxygen atoms in total. The van der Waals surface area contributed by atoms with E-state index >= 15 is 0 Å². The Morgan fingerprint density at radius 2 is 1.54 bits per heavy atom. The van der Waals surface area contributed by atoms with Crippen molar-refractivity contribution >= 4 is 17.5 Å². The molecular weight excluding hydrogens is 338 g/mol. The molecule has 136 valence electrons. The second kappa shape index (κ2) is 8.08. The van der Waals surface area contributed by atoms with Gasteiger partial charge in [-0.1, -0.05) is 18.9 Å². The predicted octanol–water partition coefficient (Wildman–Crippen LogP) is 4.23. The van der Waals surface area contributed by atoms with Crippen LogP contribution in [0.1, 0.15) is 46.4 Å². The molecule has 1 N–H and O–H groups in total. The molecule has 1 saturated heterocycles. The zero-order chi connectivity index (χ0) is 18.5. The number of carbonyl (C=O) groups is 2. The lowest BCUT2D eigenvalue weighted by molar-refractivity contribution is 0.0761. The Labute approximate surface area is 150 Å². The van der Waals surface area contributed by atoms with E-state index in [9.17, 15) is 18.4 Å². The normalized spacial score (nSPS) is 14.6. The van der Waals surface area contributed by atoms with Crippen molar-refractivity contribution in [1.29, 1.82) is 0 Å². The fourth-order valence-corrected chi connectivity index (χ4v) is 3.03. The molecule has 2 amide bonds. The van der Waals surface area contributed by atoms with Crippen molar-refractivity contribution in [3.8, 4) is 0 Å². The van der Waals surface area contributed by atoms with Gasteiger partial charge in [0.15, 0.2) is 11.6 Å². The lowest BCUT2D eigenvalue weighted by atomic mass is 10.1. The Morgan fingerprint density at radius 1 is 0.846 bits per heavy atom. The maximum Gasteiger partial charge on any atom is 0.255 e. The Balaban J connectivity index is 1.74. The summed E-state index contributed by atoms with van der Waals surface area (Å²) in [6.07, 6.45) is 4.23. The Kier molecular flexibility index (Phi) is 5.61. The minimum atomic E-state index is -1.03. The van der Waals surface area contributed by atoms with Crippen LogP contribution in [0.4, 0.5) is 14.5 Å². The predicted molar refractivity (Wildman–Crippen MR) is 95.1 cm³/mol. The van der Waals surface area contributed by atoms with Gasteiger partial charge >= 0.3 is 0 Å². The van der Waals surface area contributed by atoms with Crippen LogP contribution in [0.15, 0.2) is 42.5 Å². The third kappa shape index (κ3) is 4.25. The number of nitrogens with one attached hydrogen (secondary N) is 1. The van der Waals surface area contributed by atoms with Crippen molar-refractivity contribution in [2.75, 3.05) is 18.4 Å². The lowest BCUT2D eigenvalue weighted by Gasteiger charge is -2.20. The van der Waals surface area contributed by atoms with E-state index in [0.717, 1.165) is 50.9 Å². The number of anilines is 1. The number of hydrogen-bond acceptors (Lipinski definition) is 2. The fourth-order valence-electron chi connectivity index (χ4n) is 3.03. The molecule has 0 atom stereocenters. The number of halogens is 2. The Bertz CT molecular complexity index is 815. The van der Waals surface area contributed by atoms with Gasteiger partial charge in [0.05, 0.1) is 0 Å². The van der Waals surface area contributed by atoms with Crippen molar-refractivity contribution in [2.24, 2.45) is 0 Å². The molecule has 0 saturated carbocycles. The highest BCUT2D eigenvalue weighted by Gasteiger charge is 2.18. The highest BCUT2D eigenvalue weighted by Crippen LogP contribution is 2.17. The fraction of sp³-hybridized carbons (Fsp3) is 0.300. The molecule has 26 heavy (non-hydrogen) atoms. The van der Waals surface area contributed by atoms with Gasteiger partial charge in [-0.3, -0.25) is 9.59 Å². The van der Waals surface area contributed by atoms with Crippen LogP contribution in [0.5, 0.6) is 0 Å². The van der Waals surface area contributed by atoms with Crippen molar-refractivity contribution < 1.29 is 18.4 Å². The third-order valence-corrected chi connectivity index (χ3v) is 4.44. The van der Waals surface area contributed by atoms with E-state index in [1.54, 1.807) is 18.2 Å². The molecule has 0 radical (unpaired) electrons. The Morgan fingerprint density at radius 3 is 2.23 bits per heavy atom. The van der Waals surface area contributed by atoms with Crippen LogP contribution < -0.4 is 5.32 Å². The van der Waals surface area contributed by atoms with Crippen molar-refractivity contribution in [1.82, 2.24) is 4.90 Å². The summed E-state index contributed by atoms with van der Waals surface area (Å²) >= 11 is 0. The van der Waals surface area contributed by atoms with Gasteiger partial charge in [0.25, 0.3) is 11.8 Å². The minimum Gasteiger partial charge on any atom is -0.339 e. The quantitative estimate of drug-likeness (QED) is 0.892. The first-order valence-corrected chi connectivity index (χ1v) is 8.70. The molecule has 0 bridgehead atoms. The van der Waals surface area contributed by atoms with Gasteiger partial charge in [0, 0.05) is 36.0 Å². The summed E-state index contributed by atoms with van der Waals surface area (Å²) in [6, 6.07) is 9.58. The van der Waals surface area contributed by atoms with E-state index in [2.05, 4.69) is 5.32 Å². The summed E-state index contributed by atoms with van der Waals surface area (Å²) in [5, 5.41) is 2.51. The number of rotatable bonds is 3. The van der Waals surface area contributed by atoms with E-state index < -0.39 is 17.5 Å². The maximum atomic E-state index is 13.3. The van der Waals surface area contributed by atoms with Crippen LogP contribution in [0.25, 0.3) is 0 Å². The summed E-state index contributed by atoms with van der Waals surface area (Å²) in [5.41, 5.74) is 0.887. The monoisotopic (exact) mass is 358 g/mol. The summed E-state index contributed by atoms with van der Waals surface area (Å²) in [6.45, 7) is 1.45. The highest BCUT2D eigenvalue weighted by molar-refractivity contribution is 6.06. The van der Waals surface area contributed by atoms with Gasteiger partial charge in [0.1, 0.15) is 0 Å². The third-order valence-electron chi connectivity index (χ3n) is 4.44. The lowest BCUT2D eigenvalue weighted by Crippen LogP contribution is -2.32. The molecule has 3 rings (SSSR count). The van der Waals surface area contributed by atoms with Crippen LogP contribution in [0.3, 0.4) is 0 Å². The molecule has 6 heteroatoms. The topological polar surface area (TPSA) is 49.4 Å². The summed E-state index contributed by atoms with van der Waals surface area (Å²) in [5.74, 6) is -2.59. The second-order valence-electron chi connectivity index (χ2n) is 6.37. The minimum absolute atomic E-state index is 0.0885. The zero-order valence-electron chi connectivity index (χ0n) is 14.3.